The lowest BCUT2D eigenvalue weighted by atomic mass is 10.2. The molecule has 3 heteroatoms. The number of benzene rings is 1. The first-order valence-electron chi connectivity index (χ1n) is 4.67. The smallest absolute Gasteiger partial charge is 0.223 e. The molecule has 1 atom stereocenters. The fourth-order valence-electron chi connectivity index (χ4n) is 1.27. The molecule has 0 aliphatic carbocycles. The highest BCUT2D eigenvalue weighted by atomic mass is 16.1. The van der Waals surface area contributed by atoms with Crippen molar-refractivity contribution in [1.82, 2.24) is 0 Å². The van der Waals surface area contributed by atoms with E-state index in [4.69, 9.17) is 5.73 Å². The summed E-state index contributed by atoms with van der Waals surface area (Å²) in [6, 6.07) is 10.1. The fraction of sp³-hybridized carbons (Fsp3) is 0.273. The summed E-state index contributed by atoms with van der Waals surface area (Å²) in [5.74, 6) is -0.265. The van der Waals surface area contributed by atoms with Crippen LogP contribution in [0.15, 0.2) is 30.3 Å². The summed E-state index contributed by atoms with van der Waals surface area (Å²) in [5, 5.41) is 0. The Balaban J connectivity index is 2.34. The highest BCUT2D eigenvalue weighted by molar-refractivity contribution is 5.73. The third-order valence-electron chi connectivity index (χ3n) is 2.02. The van der Waals surface area contributed by atoms with Crippen LogP contribution >= 0.6 is 0 Å². The maximum Gasteiger partial charge on any atom is 0.223 e. The van der Waals surface area contributed by atoms with E-state index < -0.39 is 0 Å². The third kappa shape index (κ3) is 4.05. The molecule has 76 valence electrons. The van der Waals surface area contributed by atoms with E-state index in [2.05, 4.69) is 19.2 Å². The number of amides is 1. The number of carbonyl (C=O) groups excluding carboxylic acids is 1. The predicted octanol–water partition coefficient (Wildman–Crippen LogP) is -0.262. The van der Waals surface area contributed by atoms with E-state index >= 15 is 0 Å². The third-order valence-corrected chi connectivity index (χ3v) is 2.02. The van der Waals surface area contributed by atoms with Gasteiger partial charge in [0.05, 0.1) is 19.5 Å². The van der Waals surface area contributed by atoms with Crippen molar-refractivity contribution in [2.24, 2.45) is 5.73 Å². The van der Waals surface area contributed by atoms with Crippen LogP contribution in [0, 0.1) is 7.05 Å². The molecule has 0 radical (unpaired) electrons. The molecule has 0 aliphatic heterocycles. The second-order valence-corrected chi connectivity index (χ2v) is 3.38. The lowest BCUT2D eigenvalue weighted by molar-refractivity contribution is -0.867. The van der Waals surface area contributed by atoms with Gasteiger partial charge in [0.2, 0.25) is 5.91 Å². The molecule has 14 heavy (non-hydrogen) atoms. The molecule has 0 bridgehead atoms. The monoisotopic (exact) mass is 192 g/mol. The number of quaternary nitrogens is 1. The number of primary amides is 1. The van der Waals surface area contributed by atoms with E-state index in [1.807, 2.05) is 18.2 Å². The van der Waals surface area contributed by atoms with E-state index in [-0.39, 0.29) is 5.91 Å². The van der Waals surface area contributed by atoms with E-state index in [1.165, 1.54) is 5.56 Å². The molecule has 0 heterocycles. The molecule has 1 amide bonds. The molecule has 1 rings (SSSR count). The lowest BCUT2D eigenvalue weighted by Gasteiger charge is -2.19. The van der Waals surface area contributed by atoms with Crippen molar-refractivity contribution in [3.63, 3.8) is 0 Å². The van der Waals surface area contributed by atoms with Gasteiger partial charge in [-0.2, -0.15) is 7.05 Å². The first-order chi connectivity index (χ1) is 6.68. The molecular weight excluding hydrogens is 176 g/mol. The molecule has 0 fully saturated rings. The molecule has 0 aliphatic rings. The summed E-state index contributed by atoms with van der Waals surface area (Å²) in [7, 11) is 3.91. The molecule has 0 spiro atoms. The maximum absolute atomic E-state index is 10.5. The quantitative estimate of drug-likeness (QED) is 0.620. The summed E-state index contributed by atoms with van der Waals surface area (Å²) in [6.07, 6.45) is 0.395. The highest BCUT2D eigenvalue weighted by Gasteiger charge is 2.00. The van der Waals surface area contributed by atoms with Crippen LogP contribution in [0.1, 0.15) is 12.0 Å². The van der Waals surface area contributed by atoms with Gasteiger partial charge in [-0.3, -0.25) is 4.79 Å². The molecule has 0 saturated carbocycles. The van der Waals surface area contributed by atoms with Gasteiger partial charge < -0.3 is 10.6 Å². The van der Waals surface area contributed by atoms with E-state index in [0.29, 0.717) is 13.0 Å². The summed E-state index contributed by atoms with van der Waals surface area (Å²) < 4.78 is 0. The fourth-order valence-corrected chi connectivity index (χ4v) is 1.27. The van der Waals surface area contributed by atoms with Crippen molar-refractivity contribution in [3.05, 3.63) is 42.9 Å². The normalized spacial score (nSPS) is 12.4. The van der Waals surface area contributed by atoms with E-state index in [0.717, 1.165) is 11.4 Å². The lowest BCUT2D eigenvalue weighted by Crippen LogP contribution is -3.05. The van der Waals surface area contributed by atoms with E-state index in [1.54, 1.807) is 0 Å². The zero-order valence-electron chi connectivity index (χ0n) is 8.20. The van der Waals surface area contributed by atoms with Crippen molar-refractivity contribution in [3.8, 4) is 0 Å². The summed E-state index contributed by atoms with van der Waals surface area (Å²) >= 11 is 0. The number of carbonyl (C=O) groups is 1. The molecule has 0 saturated heterocycles. The summed E-state index contributed by atoms with van der Waals surface area (Å²) in [5.41, 5.74) is 6.28. The zero-order chi connectivity index (χ0) is 10.4. The highest BCUT2D eigenvalue weighted by Crippen LogP contribution is 1.94. The number of hydrogen-bond donors (Lipinski definition) is 2. The molecule has 3 nitrogen and oxygen atoms in total. The topological polar surface area (TPSA) is 47.5 Å². The number of nitrogens with one attached hydrogen (secondary N) is 1. The number of nitrogens with two attached hydrogens (primary N) is 1. The van der Waals surface area contributed by atoms with Gasteiger partial charge in [0.1, 0.15) is 0 Å². The Morgan fingerprint density at radius 3 is 2.57 bits per heavy atom. The van der Waals surface area contributed by atoms with Crippen LogP contribution in [-0.2, 0) is 11.3 Å². The van der Waals surface area contributed by atoms with Gasteiger partial charge in [-0.1, -0.05) is 30.3 Å². The van der Waals surface area contributed by atoms with Crippen molar-refractivity contribution in [2.75, 3.05) is 6.54 Å². The Bertz CT molecular complexity index is 285. The predicted molar refractivity (Wildman–Crippen MR) is 55.1 cm³/mol. The molecule has 1 aromatic rings. The van der Waals surface area contributed by atoms with Crippen molar-refractivity contribution in [1.29, 1.82) is 0 Å². The molecular formula is C11H16N2O. The SMILES string of the molecule is [CH2-][NH+](CCC(N)=O)Cc1ccccc1. The minimum atomic E-state index is -0.265. The molecule has 1 aromatic carbocycles. The minimum Gasteiger partial charge on any atom is -0.464 e. The van der Waals surface area contributed by atoms with Gasteiger partial charge in [0, 0.05) is 5.56 Å². The van der Waals surface area contributed by atoms with Crippen LogP contribution in [0.2, 0.25) is 0 Å². The Labute approximate surface area is 84.5 Å². The van der Waals surface area contributed by atoms with Crippen LogP contribution in [-0.4, -0.2) is 12.5 Å². The van der Waals surface area contributed by atoms with Crippen LogP contribution in [0.25, 0.3) is 0 Å². The molecule has 0 aromatic heterocycles. The second kappa shape index (κ2) is 5.40. The van der Waals surface area contributed by atoms with Gasteiger partial charge in [0.25, 0.3) is 0 Å². The molecule has 3 N–H and O–H groups in total. The minimum absolute atomic E-state index is 0.265. The standard InChI is InChI=1S/C11H16N2O/c1-13(8-7-11(12)14)9-10-5-3-2-4-6-10/h2-6,13H,1,7-9H2,(H2,12,14). The van der Waals surface area contributed by atoms with Gasteiger partial charge in [-0.15, -0.1) is 0 Å². The summed E-state index contributed by atoms with van der Waals surface area (Å²) in [6.45, 7) is 1.51. The maximum atomic E-state index is 10.5. The van der Waals surface area contributed by atoms with Crippen molar-refractivity contribution in [2.45, 2.75) is 13.0 Å². The van der Waals surface area contributed by atoms with Crippen LogP contribution in [0.4, 0.5) is 0 Å². The van der Waals surface area contributed by atoms with E-state index in [9.17, 15) is 4.79 Å². The Kier molecular flexibility index (Phi) is 4.13. The Hall–Kier alpha value is -1.35. The van der Waals surface area contributed by atoms with Gasteiger partial charge in [-0.25, -0.2) is 0 Å². The van der Waals surface area contributed by atoms with Crippen molar-refractivity contribution < 1.29 is 9.69 Å². The Morgan fingerprint density at radius 1 is 1.36 bits per heavy atom. The second-order valence-electron chi connectivity index (χ2n) is 3.38. The zero-order valence-corrected chi connectivity index (χ0v) is 8.20. The molecule has 1 unspecified atom stereocenters. The largest absolute Gasteiger partial charge is 0.464 e. The van der Waals surface area contributed by atoms with Crippen LogP contribution in [0.3, 0.4) is 0 Å². The van der Waals surface area contributed by atoms with Gasteiger partial charge >= 0.3 is 0 Å². The first kappa shape index (κ1) is 10.7. The van der Waals surface area contributed by atoms with Crippen molar-refractivity contribution >= 4 is 5.91 Å². The first-order valence-corrected chi connectivity index (χ1v) is 4.67. The van der Waals surface area contributed by atoms with Crippen LogP contribution in [0.5, 0.6) is 0 Å². The number of rotatable bonds is 5. The average molecular weight is 192 g/mol. The number of hydrogen-bond acceptors (Lipinski definition) is 1. The average Bonchev–Trinajstić information content (AvgIpc) is 2.16. The van der Waals surface area contributed by atoms with Gasteiger partial charge in [-0.05, 0) is 0 Å². The van der Waals surface area contributed by atoms with Crippen LogP contribution < -0.4 is 10.6 Å². The Morgan fingerprint density at radius 2 is 2.00 bits per heavy atom. The summed E-state index contributed by atoms with van der Waals surface area (Å²) in [4.78, 5) is 11.6. The van der Waals surface area contributed by atoms with Gasteiger partial charge in [0.15, 0.2) is 0 Å².